The van der Waals surface area contributed by atoms with E-state index in [2.05, 4.69) is 10.2 Å². The number of hydrogen-bond acceptors (Lipinski definition) is 8. The van der Waals surface area contributed by atoms with Gasteiger partial charge in [-0.15, -0.1) is 10.2 Å². The number of rotatable bonds is 5. The fraction of sp³-hybridized carbons (Fsp3) is 0.111. The summed E-state index contributed by atoms with van der Waals surface area (Å²) in [7, 11) is 0. The Labute approximate surface area is 224 Å². The molecule has 1 unspecified atom stereocenters. The Morgan fingerprint density at radius 2 is 1.86 bits per heavy atom. The first kappa shape index (κ1) is 23.7. The minimum Gasteiger partial charge on any atom is -0.508 e. The van der Waals surface area contributed by atoms with Gasteiger partial charge in [0.05, 0.1) is 17.0 Å². The monoisotopic (exact) mass is 547 g/mol. The third-order valence-corrected chi connectivity index (χ3v) is 8.62. The fourth-order valence-corrected chi connectivity index (χ4v) is 6.52. The number of hydrogen-bond donors (Lipinski definition) is 1. The highest BCUT2D eigenvalue weighted by molar-refractivity contribution is 8.00. The molecule has 3 aromatic carbocycles. The second-order valence-corrected chi connectivity index (χ2v) is 11.2. The second kappa shape index (κ2) is 9.33. The summed E-state index contributed by atoms with van der Waals surface area (Å²) in [6.45, 7) is 1.89. The summed E-state index contributed by atoms with van der Waals surface area (Å²) in [5.74, 6) is 0.191. The van der Waals surface area contributed by atoms with E-state index in [1.807, 2.05) is 37.3 Å². The number of aromatic hydroxyl groups is 1. The minimum absolute atomic E-state index is 0.0140. The molecule has 0 fully saturated rings. The van der Waals surface area contributed by atoms with Gasteiger partial charge in [0.15, 0.2) is 9.77 Å². The molecule has 2 aromatic heterocycles. The molecule has 0 bridgehead atoms. The summed E-state index contributed by atoms with van der Waals surface area (Å²) in [4.78, 5) is 28.9. The van der Waals surface area contributed by atoms with E-state index in [0.29, 0.717) is 36.8 Å². The zero-order valence-electron chi connectivity index (χ0n) is 19.3. The maximum absolute atomic E-state index is 13.7. The Morgan fingerprint density at radius 1 is 1.08 bits per heavy atom. The molecule has 0 saturated heterocycles. The molecule has 37 heavy (non-hydrogen) atoms. The molecular formula is C27H18ClN3O4S2. The van der Waals surface area contributed by atoms with Gasteiger partial charge in [0, 0.05) is 10.8 Å². The van der Waals surface area contributed by atoms with E-state index < -0.39 is 11.9 Å². The number of anilines is 1. The van der Waals surface area contributed by atoms with E-state index in [1.54, 1.807) is 24.3 Å². The predicted molar refractivity (Wildman–Crippen MR) is 145 cm³/mol. The number of fused-ring (bicyclic) bond motifs is 2. The van der Waals surface area contributed by atoms with Gasteiger partial charge in [-0.25, -0.2) is 0 Å². The Kier molecular flexibility index (Phi) is 5.98. The summed E-state index contributed by atoms with van der Waals surface area (Å²) in [5.41, 5.74) is 2.84. The largest absolute Gasteiger partial charge is 0.508 e. The zero-order chi connectivity index (χ0) is 25.7. The lowest BCUT2D eigenvalue weighted by Gasteiger charge is -2.22. The number of phenols is 1. The van der Waals surface area contributed by atoms with Gasteiger partial charge >= 0.3 is 0 Å². The van der Waals surface area contributed by atoms with Crippen molar-refractivity contribution in [2.75, 3.05) is 4.90 Å². The number of benzene rings is 3. The van der Waals surface area contributed by atoms with Crippen LogP contribution in [0, 0.1) is 6.92 Å². The summed E-state index contributed by atoms with van der Waals surface area (Å²) >= 11 is 9.00. The molecule has 0 radical (unpaired) electrons. The second-order valence-electron chi connectivity index (χ2n) is 8.57. The Morgan fingerprint density at radius 3 is 2.65 bits per heavy atom. The van der Waals surface area contributed by atoms with Crippen LogP contribution in [0.3, 0.4) is 0 Å². The van der Waals surface area contributed by atoms with Crippen LogP contribution in [0.4, 0.5) is 5.13 Å². The van der Waals surface area contributed by atoms with Gasteiger partial charge in [0.1, 0.15) is 11.3 Å². The zero-order valence-corrected chi connectivity index (χ0v) is 21.7. The Hall–Kier alpha value is -3.66. The van der Waals surface area contributed by atoms with E-state index in [1.165, 1.54) is 40.1 Å². The predicted octanol–water partition coefficient (Wildman–Crippen LogP) is 6.35. The highest BCUT2D eigenvalue weighted by Gasteiger charge is 2.45. The summed E-state index contributed by atoms with van der Waals surface area (Å²) in [5, 5.41) is 19.8. The molecule has 5 aromatic rings. The summed E-state index contributed by atoms with van der Waals surface area (Å²) in [6.07, 6.45) is 0. The van der Waals surface area contributed by atoms with E-state index in [9.17, 15) is 14.7 Å². The number of aryl methyl sites for hydroxylation is 1. The van der Waals surface area contributed by atoms with Crippen LogP contribution in [-0.4, -0.2) is 21.2 Å². The molecule has 1 aliphatic heterocycles. The first-order valence-electron chi connectivity index (χ1n) is 11.3. The van der Waals surface area contributed by atoms with Gasteiger partial charge in [-0.2, -0.15) is 0 Å². The third kappa shape index (κ3) is 4.19. The first-order valence-corrected chi connectivity index (χ1v) is 13.5. The molecule has 1 N–H and O–H groups in total. The van der Waals surface area contributed by atoms with Crippen LogP contribution in [0.25, 0.3) is 11.0 Å². The van der Waals surface area contributed by atoms with Crippen molar-refractivity contribution < 1.29 is 14.3 Å². The lowest BCUT2D eigenvalue weighted by molar-refractivity contribution is 0.0970. The van der Waals surface area contributed by atoms with Crippen molar-refractivity contribution in [1.82, 2.24) is 10.2 Å². The normalized spacial score (nSPS) is 14.9. The maximum atomic E-state index is 13.7. The van der Waals surface area contributed by atoms with Crippen molar-refractivity contribution in [3.8, 4) is 5.75 Å². The molecule has 7 nitrogen and oxygen atoms in total. The number of carbonyl (C=O) groups excluding carboxylic acids is 1. The lowest BCUT2D eigenvalue weighted by Crippen LogP contribution is -2.29. The van der Waals surface area contributed by atoms with Gasteiger partial charge in [0.2, 0.25) is 10.9 Å². The van der Waals surface area contributed by atoms with E-state index in [4.69, 9.17) is 16.0 Å². The van der Waals surface area contributed by atoms with Crippen LogP contribution in [-0.2, 0) is 5.75 Å². The average molecular weight is 548 g/mol. The van der Waals surface area contributed by atoms with Crippen molar-refractivity contribution in [3.05, 3.63) is 110 Å². The van der Waals surface area contributed by atoms with Gasteiger partial charge in [0.25, 0.3) is 5.91 Å². The van der Waals surface area contributed by atoms with Crippen molar-refractivity contribution in [2.24, 2.45) is 0 Å². The molecule has 1 atom stereocenters. The van der Waals surface area contributed by atoms with Crippen LogP contribution >= 0.6 is 34.7 Å². The van der Waals surface area contributed by atoms with Gasteiger partial charge in [-0.3, -0.25) is 14.5 Å². The average Bonchev–Trinajstić information content (AvgIpc) is 3.47. The molecule has 6 rings (SSSR count). The Balaban J connectivity index is 1.44. The molecule has 1 amide bonds. The number of halogens is 1. The molecule has 3 heterocycles. The standard InChI is InChI=1S/C27H18ClN3O4S2/c1-14-6-11-20-18(12-14)23(33)21-22(15-7-9-17(32)10-8-15)31(25(34)24(21)35-20)26-29-30-27(37-26)36-13-16-4-2-3-5-19(16)28/h2-12,22,32H,13H2,1H3. The molecule has 0 aliphatic carbocycles. The molecule has 184 valence electrons. The quantitative estimate of drug-likeness (QED) is 0.202. The molecular weight excluding hydrogens is 530 g/mol. The van der Waals surface area contributed by atoms with Crippen LogP contribution in [0.5, 0.6) is 5.75 Å². The number of thioether (sulfide) groups is 1. The van der Waals surface area contributed by atoms with Crippen LogP contribution in [0.2, 0.25) is 5.02 Å². The van der Waals surface area contributed by atoms with Crippen molar-refractivity contribution >= 4 is 56.7 Å². The SMILES string of the molecule is Cc1ccc2oc3c(c(=O)c2c1)C(c1ccc(O)cc1)N(c1nnc(SCc2ccccc2Cl)s1)C3=O. The lowest BCUT2D eigenvalue weighted by atomic mass is 9.98. The van der Waals surface area contributed by atoms with E-state index in [0.717, 1.165) is 11.1 Å². The topological polar surface area (TPSA) is 96.5 Å². The number of amides is 1. The molecule has 0 saturated carbocycles. The van der Waals surface area contributed by atoms with Gasteiger partial charge in [-0.1, -0.05) is 76.7 Å². The van der Waals surface area contributed by atoms with Crippen molar-refractivity contribution in [2.45, 2.75) is 23.1 Å². The minimum atomic E-state index is -0.779. The summed E-state index contributed by atoms with van der Waals surface area (Å²) < 4.78 is 6.66. The van der Waals surface area contributed by atoms with Gasteiger partial charge < -0.3 is 9.52 Å². The van der Waals surface area contributed by atoms with Crippen LogP contribution in [0.15, 0.2) is 80.3 Å². The number of phenolic OH excluding ortho intramolecular Hbond substituents is 1. The third-order valence-electron chi connectivity index (χ3n) is 6.15. The van der Waals surface area contributed by atoms with Crippen LogP contribution < -0.4 is 10.3 Å². The first-order chi connectivity index (χ1) is 17.9. The van der Waals surface area contributed by atoms with E-state index in [-0.39, 0.29) is 22.5 Å². The van der Waals surface area contributed by atoms with Gasteiger partial charge in [-0.05, 0) is 48.4 Å². The molecule has 10 heteroatoms. The smallest absolute Gasteiger partial charge is 0.297 e. The number of nitrogens with zero attached hydrogens (tertiary/aromatic N) is 3. The molecule has 1 aliphatic rings. The van der Waals surface area contributed by atoms with Crippen LogP contribution in [0.1, 0.15) is 38.9 Å². The number of aromatic nitrogens is 2. The highest BCUT2D eigenvalue weighted by Crippen LogP contribution is 2.43. The van der Waals surface area contributed by atoms with Crippen molar-refractivity contribution in [3.63, 3.8) is 0 Å². The molecule has 0 spiro atoms. The summed E-state index contributed by atoms with van der Waals surface area (Å²) in [6, 6.07) is 18.5. The maximum Gasteiger partial charge on any atom is 0.297 e. The highest BCUT2D eigenvalue weighted by atomic mass is 35.5. The number of carbonyl (C=O) groups is 1. The van der Waals surface area contributed by atoms with E-state index >= 15 is 0 Å². The Bertz CT molecular complexity index is 1730. The van der Waals surface area contributed by atoms with Crippen molar-refractivity contribution in [1.29, 1.82) is 0 Å². The fourth-order valence-electron chi connectivity index (χ4n) is 4.37.